The van der Waals surface area contributed by atoms with E-state index in [0.717, 1.165) is 13.1 Å². The molecule has 2 amide bonds. The molecule has 0 spiro atoms. The van der Waals surface area contributed by atoms with Gasteiger partial charge in [0.05, 0.1) is 30.8 Å². The molecule has 9 nitrogen and oxygen atoms in total. The molecule has 30 heavy (non-hydrogen) atoms. The second-order valence-electron chi connectivity index (χ2n) is 6.89. The number of anilines is 2. The van der Waals surface area contributed by atoms with Crippen molar-refractivity contribution in [2.75, 3.05) is 63.1 Å². The van der Waals surface area contributed by atoms with Crippen molar-refractivity contribution in [3.05, 3.63) is 35.9 Å². The second-order valence-corrected chi connectivity index (χ2v) is 7.12. The number of amides is 2. The number of carbonyl (C=O) groups is 2. The lowest BCUT2D eigenvalue weighted by Gasteiger charge is -2.29. The monoisotopic (exact) mass is 437 g/mol. The van der Waals surface area contributed by atoms with E-state index in [1.807, 2.05) is 11.9 Å². The number of rotatable bonds is 6. The Hall–Kier alpha value is -2.92. The first kappa shape index (κ1) is 23.4. The number of halogens is 1. The molecule has 0 bridgehead atoms. The van der Waals surface area contributed by atoms with Crippen LogP contribution in [0, 0.1) is 5.82 Å². The molecular weight excluding hydrogens is 409 g/mol. The molecule has 11 heteroatoms. The van der Waals surface area contributed by atoms with Crippen molar-refractivity contribution >= 4 is 40.9 Å². The summed E-state index contributed by atoms with van der Waals surface area (Å²) in [5.41, 5.74) is 8.64. The van der Waals surface area contributed by atoms with Crippen molar-refractivity contribution in [2.24, 2.45) is 5.73 Å². The Bertz CT molecular complexity index is 790. The molecule has 0 saturated carbocycles. The number of benzene rings is 1. The predicted octanol–water partition coefficient (Wildman–Crippen LogP) is -0.431. The number of nitrogens with two attached hydrogens (primary N) is 1. The molecule has 0 aliphatic carbocycles. The minimum absolute atomic E-state index is 0.102. The molecule has 6 N–H and O–H groups in total. The maximum atomic E-state index is 14.2. The van der Waals surface area contributed by atoms with Crippen LogP contribution in [0.25, 0.3) is 0 Å². The maximum absolute atomic E-state index is 14.2. The third-order valence-corrected chi connectivity index (χ3v) is 4.54. The summed E-state index contributed by atoms with van der Waals surface area (Å²) < 4.78 is 14.2. The van der Waals surface area contributed by atoms with Crippen LogP contribution in [0.3, 0.4) is 0 Å². The van der Waals surface area contributed by atoms with Crippen LogP contribution in [0.15, 0.2) is 30.1 Å². The molecular formula is C19H28FN7O2S. The summed E-state index contributed by atoms with van der Waals surface area (Å²) in [6.45, 7) is 4.02. The highest BCUT2D eigenvalue weighted by Crippen LogP contribution is 2.23. The van der Waals surface area contributed by atoms with Crippen LogP contribution < -0.4 is 31.9 Å². The van der Waals surface area contributed by atoms with Crippen molar-refractivity contribution in [2.45, 2.75) is 0 Å². The number of likely N-dealkylation sites (N-methyl/N-ethyl adjacent to an activating group) is 1. The summed E-state index contributed by atoms with van der Waals surface area (Å²) in [6, 6.07) is 4.76. The van der Waals surface area contributed by atoms with Crippen molar-refractivity contribution in [1.29, 1.82) is 0 Å². The van der Waals surface area contributed by atoms with E-state index < -0.39 is 0 Å². The lowest BCUT2D eigenvalue weighted by Crippen LogP contribution is -2.48. The first-order valence-corrected chi connectivity index (χ1v) is 10.0. The number of carbonyl (C=O) groups excluding carboxylic acids is 2. The fourth-order valence-corrected chi connectivity index (χ4v) is 2.93. The standard InChI is InChI=1S/C14H18FN5OS.C5H10N2O/c15-12-5-11(19-7-10(16)6-17-9-22)1-2-13(12)20-4-3-18-14(21)8-20;1-7-3-2-6-5(8)4-7/h1-2,5,7,9,19H,3-4,6,8,16H2,(H,17,22)(H,18,21);2-4H2,1H3,(H,6,8)/b10-7-;. The van der Waals surface area contributed by atoms with Gasteiger partial charge < -0.3 is 31.9 Å². The number of hydrogen-bond donors (Lipinski definition) is 5. The quantitative estimate of drug-likeness (QED) is 0.381. The molecule has 0 unspecified atom stereocenters. The number of piperazine rings is 2. The SMILES string of the molecule is CN1CCNC(=O)C1.N/C(=C\Nc1ccc(N2CCNC(=O)C2)c(F)c1)CNC=S. The first-order valence-electron chi connectivity index (χ1n) is 9.53. The molecule has 2 aliphatic rings. The fraction of sp³-hybridized carbons (Fsp3) is 0.421. The highest BCUT2D eigenvalue weighted by atomic mass is 32.1. The maximum Gasteiger partial charge on any atom is 0.239 e. The Balaban J connectivity index is 0.000000335. The van der Waals surface area contributed by atoms with Gasteiger partial charge in [-0.1, -0.05) is 12.2 Å². The fourth-order valence-electron chi connectivity index (χ4n) is 2.85. The van der Waals surface area contributed by atoms with Crippen LogP contribution in [-0.2, 0) is 9.59 Å². The van der Waals surface area contributed by atoms with E-state index in [2.05, 4.69) is 33.5 Å². The van der Waals surface area contributed by atoms with Crippen LogP contribution in [0.1, 0.15) is 0 Å². The number of nitrogens with one attached hydrogen (secondary N) is 4. The Labute approximate surface area is 180 Å². The van der Waals surface area contributed by atoms with Gasteiger partial charge in [-0.2, -0.15) is 0 Å². The van der Waals surface area contributed by atoms with Gasteiger partial charge in [0.2, 0.25) is 11.8 Å². The lowest BCUT2D eigenvalue weighted by atomic mass is 10.2. The Kier molecular flexibility index (Phi) is 9.29. The molecule has 0 radical (unpaired) electrons. The molecule has 1 aromatic carbocycles. The summed E-state index contributed by atoms with van der Waals surface area (Å²) in [4.78, 5) is 25.6. The minimum Gasteiger partial charge on any atom is -0.399 e. The third kappa shape index (κ3) is 7.84. The van der Waals surface area contributed by atoms with Crippen molar-refractivity contribution in [3.8, 4) is 0 Å². The minimum atomic E-state index is -0.385. The van der Waals surface area contributed by atoms with Gasteiger partial charge in [-0.25, -0.2) is 4.39 Å². The van der Waals surface area contributed by atoms with Gasteiger partial charge in [-0.05, 0) is 25.2 Å². The Morgan fingerprint density at radius 3 is 2.50 bits per heavy atom. The van der Waals surface area contributed by atoms with Gasteiger partial charge in [0.25, 0.3) is 0 Å². The lowest BCUT2D eigenvalue weighted by molar-refractivity contribution is -0.123. The van der Waals surface area contributed by atoms with Crippen LogP contribution in [0.5, 0.6) is 0 Å². The summed E-state index contributed by atoms with van der Waals surface area (Å²) >= 11 is 4.63. The predicted molar refractivity (Wildman–Crippen MR) is 120 cm³/mol. The summed E-state index contributed by atoms with van der Waals surface area (Å²) in [5, 5.41) is 11.2. The normalized spacial score (nSPS) is 17.3. The molecule has 0 atom stereocenters. The van der Waals surface area contributed by atoms with Crippen molar-refractivity contribution in [3.63, 3.8) is 0 Å². The molecule has 0 aromatic heterocycles. The zero-order valence-corrected chi connectivity index (χ0v) is 17.7. The number of thiocarbonyl (C=S) groups is 1. The number of nitrogens with zero attached hydrogens (tertiary/aromatic N) is 2. The second kappa shape index (κ2) is 11.9. The highest BCUT2D eigenvalue weighted by Gasteiger charge is 2.19. The molecule has 2 fully saturated rings. The summed E-state index contributed by atoms with van der Waals surface area (Å²) in [6.07, 6.45) is 1.58. The van der Waals surface area contributed by atoms with Gasteiger partial charge in [-0.3, -0.25) is 14.5 Å². The van der Waals surface area contributed by atoms with Crippen molar-refractivity contribution in [1.82, 2.24) is 20.9 Å². The Morgan fingerprint density at radius 2 is 1.93 bits per heavy atom. The summed E-state index contributed by atoms with van der Waals surface area (Å²) in [5.74, 6) is -0.350. The van der Waals surface area contributed by atoms with Gasteiger partial charge in [0.1, 0.15) is 5.82 Å². The average molecular weight is 438 g/mol. The number of hydrogen-bond acceptors (Lipinski definition) is 7. The van der Waals surface area contributed by atoms with Crippen LogP contribution in [0.4, 0.5) is 15.8 Å². The molecule has 2 saturated heterocycles. The molecule has 1 aromatic rings. The van der Waals surface area contributed by atoms with E-state index >= 15 is 0 Å². The molecule has 2 heterocycles. The van der Waals surface area contributed by atoms with E-state index in [4.69, 9.17) is 5.73 Å². The van der Waals surface area contributed by atoms with E-state index in [1.54, 1.807) is 23.2 Å². The molecule has 164 valence electrons. The largest absolute Gasteiger partial charge is 0.399 e. The van der Waals surface area contributed by atoms with E-state index in [0.29, 0.717) is 43.3 Å². The van der Waals surface area contributed by atoms with Gasteiger partial charge in [-0.15, -0.1) is 0 Å². The first-order chi connectivity index (χ1) is 14.4. The zero-order chi connectivity index (χ0) is 21.9. The smallest absolute Gasteiger partial charge is 0.239 e. The van der Waals surface area contributed by atoms with Gasteiger partial charge >= 0.3 is 0 Å². The van der Waals surface area contributed by atoms with Crippen molar-refractivity contribution < 1.29 is 14.0 Å². The topological polar surface area (TPSA) is 115 Å². The highest BCUT2D eigenvalue weighted by molar-refractivity contribution is 7.78. The van der Waals surface area contributed by atoms with Crippen LogP contribution in [0.2, 0.25) is 0 Å². The zero-order valence-electron chi connectivity index (χ0n) is 16.9. The van der Waals surface area contributed by atoms with E-state index in [1.165, 1.54) is 11.6 Å². The Morgan fingerprint density at radius 1 is 1.23 bits per heavy atom. The average Bonchev–Trinajstić information content (AvgIpc) is 2.71. The van der Waals surface area contributed by atoms with E-state index in [9.17, 15) is 14.0 Å². The van der Waals surface area contributed by atoms with Gasteiger partial charge in [0, 0.05) is 43.8 Å². The summed E-state index contributed by atoms with van der Waals surface area (Å²) in [7, 11) is 1.94. The third-order valence-electron chi connectivity index (χ3n) is 4.37. The van der Waals surface area contributed by atoms with Crippen LogP contribution >= 0.6 is 12.2 Å². The van der Waals surface area contributed by atoms with Gasteiger partial charge in [0.15, 0.2) is 0 Å². The van der Waals surface area contributed by atoms with E-state index in [-0.39, 0.29) is 24.2 Å². The van der Waals surface area contributed by atoms with Crippen LogP contribution in [-0.4, -0.2) is 75.1 Å². The molecule has 2 aliphatic heterocycles. The molecule has 3 rings (SSSR count).